The highest BCUT2D eigenvalue weighted by Crippen LogP contribution is 2.28. The quantitative estimate of drug-likeness (QED) is 0.272. The number of thioether (sulfide) groups is 1. The molecule has 176 valence electrons. The normalized spacial score (nSPS) is 10.9. The lowest BCUT2D eigenvalue weighted by molar-refractivity contribution is -0.113. The molecular weight excluding hydrogens is 458 g/mol. The van der Waals surface area contributed by atoms with Crippen LogP contribution in [-0.2, 0) is 17.8 Å². The first-order valence-electron chi connectivity index (χ1n) is 10.4. The number of carbonyl (C=O) groups is 1. The molecule has 0 bridgehead atoms. The minimum Gasteiger partial charge on any atom is -0.493 e. The Morgan fingerprint density at radius 2 is 1.94 bits per heavy atom. The van der Waals surface area contributed by atoms with Gasteiger partial charge in [0.15, 0.2) is 33.6 Å². The third-order valence-electron chi connectivity index (χ3n) is 4.94. The summed E-state index contributed by atoms with van der Waals surface area (Å²) in [6.45, 7) is 2.17. The predicted molar refractivity (Wildman–Crippen MR) is 128 cm³/mol. The molecule has 12 heteroatoms. The second-order valence-corrected chi connectivity index (χ2v) is 8.23. The molecule has 0 fully saturated rings. The number of anilines is 1. The number of nitrogens with zero attached hydrogens (tertiary/aromatic N) is 5. The number of aromatic nitrogens is 6. The van der Waals surface area contributed by atoms with Crippen LogP contribution >= 0.6 is 11.8 Å². The fourth-order valence-corrected chi connectivity index (χ4v) is 4.12. The van der Waals surface area contributed by atoms with Gasteiger partial charge in [-0.2, -0.15) is 5.10 Å². The Balaban J connectivity index is 1.57. The van der Waals surface area contributed by atoms with Crippen molar-refractivity contribution in [3.63, 3.8) is 0 Å². The summed E-state index contributed by atoms with van der Waals surface area (Å²) < 4.78 is 12.2. The van der Waals surface area contributed by atoms with Crippen LogP contribution in [0.4, 0.5) is 5.82 Å². The van der Waals surface area contributed by atoms with Crippen LogP contribution in [0.1, 0.15) is 11.3 Å². The molecule has 0 spiro atoms. The van der Waals surface area contributed by atoms with E-state index in [0.717, 1.165) is 23.0 Å². The van der Waals surface area contributed by atoms with Gasteiger partial charge < -0.3 is 14.8 Å². The van der Waals surface area contributed by atoms with Crippen LogP contribution in [0.5, 0.6) is 11.5 Å². The van der Waals surface area contributed by atoms with Crippen molar-refractivity contribution in [3.05, 3.63) is 58.3 Å². The average Bonchev–Trinajstić information content (AvgIpc) is 3.26. The van der Waals surface area contributed by atoms with E-state index in [9.17, 15) is 9.59 Å². The van der Waals surface area contributed by atoms with Crippen molar-refractivity contribution >= 4 is 34.7 Å². The molecule has 1 amide bonds. The topological polar surface area (TPSA) is 137 Å². The van der Waals surface area contributed by atoms with Crippen molar-refractivity contribution in [1.82, 2.24) is 29.7 Å². The van der Waals surface area contributed by atoms with E-state index in [2.05, 4.69) is 30.5 Å². The zero-order chi connectivity index (χ0) is 24.1. The molecule has 4 rings (SSSR count). The van der Waals surface area contributed by atoms with E-state index in [1.165, 1.54) is 17.0 Å². The van der Waals surface area contributed by atoms with Gasteiger partial charge in [-0.1, -0.05) is 17.8 Å². The third-order valence-corrected chi connectivity index (χ3v) is 5.91. The summed E-state index contributed by atoms with van der Waals surface area (Å²) in [6.07, 6.45) is 3.46. The van der Waals surface area contributed by atoms with Gasteiger partial charge in [0.2, 0.25) is 5.91 Å². The maximum atomic E-state index is 13.2. The number of carbonyl (C=O) groups excluding carboxylic acids is 1. The molecule has 0 aliphatic carbocycles. The first-order valence-corrected chi connectivity index (χ1v) is 11.3. The van der Waals surface area contributed by atoms with Crippen LogP contribution in [0.2, 0.25) is 0 Å². The number of aryl methyl sites for hydroxylation is 2. The number of H-pyrrole nitrogens is 1. The Kier molecular flexibility index (Phi) is 7.07. The molecule has 3 heterocycles. The molecule has 0 saturated carbocycles. The smallest absolute Gasteiger partial charge is 0.282 e. The van der Waals surface area contributed by atoms with Crippen molar-refractivity contribution in [2.45, 2.75) is 25.0 Å². The summed E-state index contributed by atoms with van der Waals surface area (Å²) in [5, 5.41) is 9.86. The van der Waals surface area contributed by atoms with Gasteiger partial charge in [0.1, 0.15) is 0 Å². The van der Waals surface area contributed by atoms with Crippen molar-refractivity contribution in [1.29, 1.82) is 0 Å². The second-order valence-electron chi connectivity index (χ2n) is 7.29. The van der Waals surface area contributed by atoms with Crippen LogP contribution < -0.4 is 20.3 Å². The van der Waals surface area contributed by atoms with Gasteiger partial charge >= 0.3 is 0 Å². The Hall–Kier alpha value is -3.93. The Bertz CT molecular complexity index is 1390. The van der Waals surface area contributed by atoms with Crippen LogP contribution in [-0.4, -0.2) is 55.6 Å². The summed E-state index contributed by atoms with van der Waals surface area (Å²) in [5.74, 6) is 1.44. The minimum absolute atomic E-state index is 0.0421. The Labute approximate surface area is 198 Å². The first kappa shape index (κ1) is 23.2. The number of rotatable bonds is 9. The molecule has 34 heavy (non-hydrogen) atoms. The first-order chi connectivity index (χ1) is 16.5. The lowest BCUT2D eigenvalue weighted by Gasteiger charge is -2.13. The summed E-state index contributed by atoms with van der Waals surface area (Å²) >= 11 is 1.15. The molecule has 0 saturated heterocycles. The molecule has 0 atom stereocenters. The maximum absolute atomic E-state index is 13.2. The molecule has 0 aliphatic rings. The minimum atomic E-state index is -0.315. The van der Waals surface area contributed by atoms with E-state index in [1.54, 1.807) is 20.3 Å². The van der Waals surface area contributed by atoms with Gasteiger partial charge in [-0.25, -0.2) is 15.0 Å². The standard InChI is InChI=1S/C22H23N7O4S/c1-13-10-17(28-27-13)25-18(30)12-34-22-26-20-19(23-7-8-24-20)21(31)29(22)9-6-14-4-5-15(32-2)16(11-14)33-3/h4-5,7-8,10-11H,6,9,12H2,1-3H3,(H2,25,27,28,30). The van der Waals surface area contributed by atoms with Gasteiger partial charge in [-0.15, -0.1) is 0 Å². The van der Waals surface area contributed by atoms with Gasteiger partial charge in [-0.05, 0) is 31.0 Å². The Morgan fingerprint density at radius 1 is 1.15 bits per heavy atom. The highest BCUT2D eigenvalue weighted by atomic mass is 32.2. The average molecular weight is 482 g/mol. The molecule has 0 radical (unpaired) electrons. The molecular formula is C22H23N7O4S. The molecule has 1 aromatic carbocycles. The largest absolute Gasteiger partial charge is 0.493 e. The van der Waals surface area contributed by atoms with E-state index in [-0.39, 0.29) is 28.4 Å². The number of hydrogen-bond acceptors (Lipinski definition) is 9. The van der Waals surface area contributed by atoms with Crippen LogP contribution in [0.25, 0.3) is 11.2 Å². The Morgan fingerprint density at radius 3 is 2.68 bits per heavy atom. The van der Waals surface area contributed by atoms with E-state index in [0.29, 0.717) is 35.4 Å². The lowest BCUT2D eigenvalue weighted by Crippen LogP contribution is -2.26. The van der Waals surface area contributed by atoms with Crippen LogP contribution in [0.3, 0.4) is 0 Å². The molecule has 3 aromatic heterocycles. The number of amides is 1. The number of aromatic amines is 1. The molecule has 11 nitrogen and oxygen atoms in total. The van der Waals surface area contributed by atoms with Crippen molar-refractivity contribution < 1.29 is 14.3 Å². The lowest BCUT2D eigenvalue weighted by atomic mass is 10.1. The van der Waals surface area contributed by atoms with Gasteiger partial charge in [-0.3, -0.25) is 19.3 Å². The fourth-order valence-electron chi connectivity index (χ4n) is 3.30. The number of benzene rings is 1. The highest BCUT2D eigenvalue weighted by molar-refractivity contribution is 7.99. The molecule has 2 N–H and O–H groups in total. The number of nitrogens with one attached hydrogen (secondary N) is 2. The maximum Gasteiger partial charge on any atom is 0.282 e. The molecule has 4 aromatic rings. The van der Waals surface area contributed by atoms with Gasteiger partial charge in [0, 0.05) is 30.7 Å². The third kappa shape index (κ3) is 5.17. The summed E-state index contributed by atoms with van der Waals surface area (Å²) in [6, 6.07) is 7.32. The van der Waals surface area contributed by atoms with Crippen molar-refractivity contribution in [2.75, 3.05) is 25.3 Å². The SMILES string of the molecule is COc1ccc(CCn2c(SCC(=O)Nc3cc(C)[nH]n3)nc3nccnc3c2=O)cc1OC. The summed E-state index contributed by atoms with van der Waals surface area (Å²) in [5.41, 5.74) is 1.88. The highest BCUT2D eigenvalue weighted by Gasteiger charge is 2.16. The predicted octanol–water partition coefficient (Wildman–Crippen LogP) is 2.21. The van der Waals surface area contributed by atoms with Crippen LogP contribution in [0.15, 0.2) is 46.6 Å². The monoisotopic (exact) mass is 481 g/mol. The molecule has 0 unspecified atom stereocenters. The zero-order valence-electron chi connectivity index (χ0n) is 18.9. The fraction of sp³-hybridized carbons (Fsp3) is 0.273. The summed E-state index contributed by atoms with van der Waals surface area (Å²) in [4.78, 5) is 38.4. The van der Waals surface area contributed by atoms with E-state index in [1.807, 2.05) is 25.1 Å². The number of methoxy groups -OCH3 is 2. The van der Waals surface area contributed by atoms with Crippen molar-refractivity contribution in [2.24, 2.45) is 0 Å². The number of ether oxygens (including phenoxy) is 2. The van der Waals surface area contributed by atoms with E-state index >= 15 is 0 Å². The number of fused-ring (bicyclic) bond motifs is 1. The zero-order valence-corrected chi connectivity index (χ0v) is 19.7. The van der Waals surface area contributed by atoms with Crippen molar-refractivity contribution in [3.8, 4) is 11.5 Å². The van der Waals surface area contributed by atoms with Gasteiger partial charge in [0.25, 0.3) is 5.56 Å². The van der Waals surface area contributed by atoms with Gasteiger partial charge in [0.05, 0.1) is 20.0 Å². The van der Waals surface area contributed by atoms with Crippen LogP contribution in [0, 0.1) is 6.92 Å². The van der Waals surface area contributed by atoms with E-state index in [4.69, 9.17) is 9.47 Å². The number of hydrogen-bond donors (Lipinski definition) is 2. The van der Waals surface area contributed by atoms with E-state index < -0.39 is 0 Å². The summed E-state index contributed by atoms with van der Waals surface area (Å²) in [7, 11) is 3.15. The molecule has 0 aliphatic heterocycles. The second kappa shape index (κ2) is 10.3.